The molecule has 0 aromatic carbocycles. The molecule has 0 N–H and O–H groups in total. The SMILES string of the molecule is CCCCOC(=O)C(C)(CC(C)(C)C(=O)OC)CC(C)(CC)C(=O)OCCN(C)C. The molecule has 7 heteroatoms. The van der Waals surface area contributed by atoms with E-state index >= 15 is 0 Å². The Kier molecular flexibility index (Phi) is 11.6. The van der Waals surface area contributed by atoms with Crippen LogP contribution in [0.15, 0.2) is 0 Å². The molecule has 0 spiro atoms. The fourth-order valence-electron chi connectivity index (χ4n) is 3.71. The molecular weight excluding hydrogens is 386 g/mol. The second-order valence-electron chi connectivity index (χ2n) is 9.63. The van der Waals surface area contributed by atoms with Gasteiger partial charge in [0.15, 0.2) is 0 Å². The number of carbonyl (C=O) groups is 3. The molecule has 176 valence electrons. The smallest absolute Gasteiger partial charge is 0.311 e. The fraction of sp³-hybridized carbons (Fsp3) is 0.870. The van der Waals surface area contributed by atoms with Crippen LogP contribution in [0.2, 0.25) is 0 Å². The van der Waals surface area contributed by atoms with Gasteiger partial charge in [0.1, 0.15) is 6.61 Å². The van der Waals surface area contributed by atoms with Gasteiger partial charge in [0.05, 0.1) is 30.0 Å². The average Bonchev–Trinajstić information content (AvgIpc) is 2.66. The van der Waals surface area contributed by atoms with Gasteiger partial charge in [0.25, 0.3) is 0 Å². The highest BCUT2D eigenvalue weighted by Crippen LogP contribution is 2.45. The molecule has 0 saturated heterocycles. The number of unbranched alkanes of at least 4 members (excludes halogenated alkanes) is 1. The molecule has 0 rings (SSSR count). The molecular formula is C23H43NO6. The first-order valence-electron chi connectivity index (χ1n) is 10.9. The summed E-state index contributed by atoms with van der Waals surface area (Å²) < 4.78 is 16.0. The van der Waals surface area contributed by atoms with Crippen LogP contribution in [-0.4, -0.2) is 63.8 Å². The molecule has 0 aliphatic carbocycles. The van der Waals surface area contributed by atoms with Gasteiger partial charge in [-0.05, 0) is 67.5 Å². The quantitative estimate of drug-likeness (QED) is 0.236. The van der Waals surface area contributed by atoms with Crippen LogP contribution < -0.4 is 0 Å². The third-order valence-electron chi connectivity index (χ3n) is 5.62. The summed E-state index contributed by atoms with van der Waals surface area (Å²) in [6, 6.07) is 0. The number of rotatable bonds is 14. The minimum Gasteiger partial charge on any atom is -0.469 e. The first-order valence-corrected chi connectivity index (χ1v) is 10.9. The summed E-state index contributed by atoms with van der Waals surface area (Å²) in [5.41, 5.74) is -2.83. The van der Waals surface area contributed by atoms with Gasteiger partial charge in [0.2, 0.25) is 0 Å². The summed E-state index contributed by atoms with van der Waals surface area (Å²) >= 11 is 0. The molecule has 0 aromatic heterocycles. The molecule has 30 heavy (non-hydrogen) atoms. The molecule has 0 aliphatic heterocycles. The van der Waals surface area contributed by atoms with Crippen LogP contribution in [0.25, 0.3) is 0 Å². The van der Waals surface area contributed by atoms with Crippen molar-refractivity contribution in [1.82, 2.24) is 4.90 Å². The van der Waals surface area contributed by atoms with E-state index in [-0.39, 0.29) is 25.4 Å². The number of esters is 3. The topological polar surface area (TPSA) is 82.1 Å². The highest BCUT2D eigenvalue weighted by atomic mass is 16.5. The van der Waals surface area contributed by atoms with Gasteiger partial charge in [-0.1, -0.05) is 20.3 Å². The largest absolute Gasteiger partial charge is 0.469 e. The molecule has 0 bridgehead atoms. The number of carbonyl (C=O) groups excluding carboxylic acids is 3. The van der Waals surface area contributed by atoms with Crippen LogP contribution in [0.4, 0.5) is 0 Å². The van der Waals surface area contributed by atoms with Gasteiger partial charge in [-0.25, -0.2) is 0 Å². The molecule has 2 atom stereocenters. The first-order chi connectivity index (χ1) is 13.8. The van der Waals surface area contributed by atoms with Crippen LogP contribution in [0, 0.1) is 16.2 Å². The number of methoxy groups -OCH3 is 1. The molecule has 0 amide bonds. The van der Waals surface area contributed by atoms with E-state index in [0.717, 1.165) is 12.8 Å². The summed E-state index contributed by atoms with van der Waals surface area (Å²) in [7, 11) is 5.15. The number of hydrogen-bond acceptors (Lipinski definition) is 7. The maximum Gasteiger partial charge on any atom is 0.311 e. The third-order valence-corrected chi connectivity index (χ3v) is 5.62. The highest BCUT2D eigenvalue weighted by molar-refractivity contribution is 5.82. The van der Waals surface area contributed by atoms with Gasteiger partial charge < -0.3 is 19.1 Å². The maximum absolute atomic E-state index is 13.1. The van der Waals surface area contributed by atoms with E-state index in [1.165, 1.54) is 7.11 Å². The second kappa shape index (κ2) is 12.3. The lowest BCUT2D eigenvalue weighted by Gasteiger charge is -2.39. The second-order valence-corrected chi connectivity index (χ2v) is 9.63. The van der Waals surface area contributed by atoms with Gasteiger partial charge in [-0.15, -0.1) is 0 Å². The van der Waals surface area contributed by atoms with Crippen molar-refractivity contribution in [1.29, 1.82) is 0 Å². The molecule has 0 fully saturated rings. The van der Waals surface area contributed by atoms with E-state index in [1.807, 2.05) is 39.8 Å². The van der Waals surface area contributed by atoms with Gasteiger partial charge >= 0.3 is 17.9 Å². The van der Waals surface area contributed by atoms with Crippen LogP contribution in [-0.2, 0) is 28.6 Å². The summed E-state index contributed by atoms with van der Waals surface area (Å²) in [5, 5.41) is 0. The summed E-state index contributed by atoms with van der Waals surface area (Å²) in [4.78, 5) is 40.3. The number of hydrogen-bond donors (Lipinski definition) is 0. The van der Waals surface area contributed by atoms with E-state index < -0.39 is 28.2 Å². The van der Waals surface area contributed by atoms with Crippen molar-refractivity contribution in [3.8, 4) is 0 Å². The lowest BCUT2D eigenvalue weighted by Crippen LogP contribution is -2.44. The molecule has 7 nitrogen and oxygen atoms in total. The zero-order valence-corrected chi connectivity index (χ0v) is 20.6. The molecule has 2 unspecified atom stereocenters. The van der Waals surface area contributed by atoms with Crippen molar-refractivity contribution < 1.29 is 28.6 Å². The minimum atomic E-state index is -1.04. The van der Waals surface area contributed by atoms with Crippen molar-refractivity contribution in [2.45, 2.75) is 73.6 Å². The molecule has 0 saturated carbocycles. The zero-order chi connectivity index (χ0) is 23.6. The zero-order valence-electron chi connectivity index (χ0n) is 20.6. The van der Waals surface area contributed by atoms with E-state index in [0.29, 0.717) is 19.6 Å². The Morgan fingerprint density at radius 1 is 0.800 bits per heavy atom. The Labute approximate surface area is 182 Å². The standard InChI is InChI=1S/C23H43NO6/c1-10-12-14-29-20(27)23(6,16-21(3,4)18(25)28-9)17-22(5,11-2)19(26)30-15-13-24(7)8/h10-17H2,1-9H3. The van der Waals surface area contributed by atoms with Crippen molar-refractivity contribution in [3.05, 3.63) is 0 Å². The van der Waals surface area contributed by atoms with Crippen molar-refractivity contribution >= 4 is 17.9 Å². The van der Waals surface area contributed by atoms with Crippen LogP contribution in [0.5, 0.6) is 0 Å². The van der Waals surface area contributed by atoms with Gasteiger partial charge in [-0.2, -0.15) is 0 Å². The van der Waals surface area contributed by atoms with E-state index in [9.17, 15) is 14.4 Å². The molecule has 0 aliphatic rings. The van der Waals surface area contributed by atoms with E-state index in [2.05, 4.69) is 0 Å². The lowest BCUT2D eigenvalue weighted by molar-refractivity contribution is -0.168. The summed E-state index contributed by atoms with van der Waals surface area (Å²) in [6.07, 6.45) is 2.60. The fourth-order valence-corrected chi connectivity index (χ4v) is 3.71. The van der Waals surface area contributed by atoms with Gasteiger partial charge in [-0.3, -0.25) is 14.4 Å². The lowest BCUT2D eigenvalue weighted by atomic mass is 9.65. The summed E-state index contributed by atoms with van der Waals surface area (Å²) in [6.45, 7) is 12.2. The Bertz CT molecular complexity index is 574. The molecule has 0 aromatic rings. The normalized spacial score (nSPS) is 15.8. The highest BCUT2D eigenvalue weighted by Gasteiger charge is 2.49. The van der Waals surface area contributed by atoms with Crippen LogP contribution >= 0.6 is 0 Å². The van der Waals surface area contributed by atoms with Crippen LogP contribution in [0.1, 0.15) is 73.6 Å². The maximum atomic E-state index is 13.1. The molecule has 0 radical (unpaired) electrons. The Morgan fingerprint density at radius 3 is 1.80 bits per heavy atom. The monoisotopic (exact) mass is 429 g/mol. The Hall–Kier alpha value is -1.63. The van der Waals surface area contributed by atoms with E-state index in [1.54, 1.807) is 20.8 Å². The third kappa shape index (κ3) is 8.62. The number of likely N-dealkylation sites (N-methyl/N-ethyl adjacent to an activating group) is 1. The number of ether oxygens (including phenoxy) is 3. The van der Waals surface area contributed by atoms with E-state index in [4.69, 9.17) is 14.2 Å². The van der Waals surface area contributed by atoms with Crippen molar-refractivity contribution in [3.63, 3.8) is 0 Å². The Morgan fingerprint density at radius 2 is 1.33 bits per heavy atom. The Balaban J connectivity index is 5.72. The minimum absolute atomic E-state index is 0.207. The number of nitrogens with zero attached hydrogens (tertiary/aromatic N) is 1. The average molecular weight is 430 g/mol. The van der Waals surface area contributed by atoms with Gasteiger partial charge in [0, 0.05) is 6.54 Å². The van der Waals surface area contributed by atoms with Crippen LogP contribution in [0.3, 0.4) is 0 Å². The van der Waals surface area contributed by atoms with Crippen molar-refractivity contribution in [2.24, 2.45) is 16.2 Å². The predicted octanol–water partition coefficient (Wildman–Crippen LogP) is 3.84. The van der Waals surface area contributed by atoms with Crippen molar-refractivity contribution in [2.75, 3.05) is 41.0 Å². The first kappa shape index (κ1) is 28.4. The molecule has 0 heterocycles. The summed E-state index contributed by atoms with van der Waals surface area (Å²) in [5.74, 6) is -1.13. The predicted molar refractivity (Wildman–Crippen MR) is 117 cm³/mol.